The lowest BCUT2D eigenvalue weighted by Crippen LogP contribution is -2.57. The minimum absolute atomic E-state index is 0.0145. The Bertz CT molecular complexity index is 435. The largest absolute Gasteiger partial charge is 0.465 e. The van der Waals surface area contributed by atoms with Crippen molar-refractivity contribution in [1.29, 1.82) is 0 Å². The molecule has 0 spiro atoms. The summed E-state index contributed by atoms with van der Waals surface area (Å²) in [7, 11) is -3.70. The third-order valence-electron chi connectivity index (χ3n) is 2.47. The molecule has 2 amide bonds. The number of hydrogen-bond donors (Lipinski definition) is 2. The molecule has 0 bridgehead atoms. The summed E-state index contributed by atoms with van der Waals surface area (Å²) in [6.07, 6.45) is -1.57. The fourth-order valence-electron chi connectivity index (χ4n) is 1.63. The molecule has 10 heteroatoms. The van der Waals surface area contributed by atoms with E-state index in [0.29, 0.717) is 0 Å². The van der Waals surface area contributed by atoms with Crippen LogP contribution in [0.5, 0.6) is 0 Å². The number of carboxylic acid groups (broad SMARTS) is 2. The highest BCUT2D eigenvalue weighted by molar-refractivity contribution is 7.85. The van der Waals surface area contributed by atoms with Gasteiger partial charge in [-0.25, -0.2) is 9.59 Å². The van der Waals surface area contributed by atoms with Crippen LogP contribution >= 0.6 is 0 Å². The maximum absolute atomic E-state index is 10.9. The van der Waals surface area contributed by atoms with E-state index in [9.17, 15) is 18.0 Å². The molecule has 1 heterocycles. The molecule has 1 atom stereocenters. The van der Waals surface area contributed by atoms with Crippen LogP contribution in [0.1, 0.15) is 0 Å². The first kappa shape index (κ1) is 14.5. The SMILES string of the molecule is CS(=O)(=O)OC[C@H]1CN(C(=O)O)CCN1C(=O)O. The zero-order valence-electron chi connectivity index (χ0n) is 9.64. The number of piperazine rings is 1. The Morgan fingerprint density at radius 2 is 1.89 bits per heavy atom. The molecule has 9 nitrogen and oxygen atoms in total. The smallest absolute Gasteiger partial charge is 0.407 e. The fraction of sp³-hybridized carbons (Fsp3) is 0.750. The number of hydrogen-bond acceptors (Lipinski definition) is 5. The lowest BCUT2D eigenvalue weighted by Gasteiger charge is -2.38. The molecule has 0 aromatic rings. The maximum atomic E-state index is 10.9. The molecule has 1 fully saturated rings. The lowest BCUT2D eigenvalue weighted by atomic mass is 10.2. The van der Waals surface area contributed by atoms with Crippen LogP contribution in [0.15, 0.2) is 0 Å². The Kier molecular flexibility index (Phi) is 4.35. The fourth-order valence-corrected chi connectivity index (χ4v) is 2.03. The molecule has 1 saturated heterocycles. The molecule has 0 aromatic carbocycles. The van der Waals surface area contributed by atoms with Gasteiger partial charge in [0.1, 0.15) is 0 Å². The van der Waals surface area contributed by atoms with E-state index in [1.165, 1.54) is 0 Å². The van der Waals surface area contributed by atoms with E-state index in [4.69, 9.17) is 10.2 Å². The Hall–Kier alpha value is -1.55. The Labute approximate surface area is 104 Å². The van der Waals surface area contributed by atoms with Gasteiger partial charge in [0.15, 0.2) is 0 Å². The van der Waals surface area contributed by atoms with Gasteiger partial charge in [0.25, 0.3) is 10.1 Å². The van der Waals surface area contributed by atoms with Crippen LogP contribution in [0.4, 0.5) is 9.59 Å². The second-order valence-corrected chi connectivity index (χ2v) is 5.49. The Morgan fingerprint density at radius 1 is 1.28 bits per heavy atom. The number of nitrogens with zero attached hydrogens (tertiary/aromatic N) is 2. The van der Waals surface area contributed by atoms with Crippen molar-refractivity contribution in [1.82, 2.24) is 9.80 Å². The van der Waals surface area contributed by atoms with Crippen molar-refractivity contribution in [3.63, 3.8) is 0 Å². The van der Waals surface area contributed by atoms with E-state index >= 15 is 0 Å². The standard InChI is InChI=1S/C8H14N2O7S/c1-18(15,16)17-5-6-4-9(7(11)12)2-3-10(6)8(13)14/h6H,2-5H2,1H3,(H,11,12)(H,13,14)/t6-/m1/s1. The first-order chi connectivity index (χ1) is 8.20. The highest BCUT2D eigenvalue weighted by Crippen LogP contribution is 2.11. The van der Waals surface area contributed by atoms with Crippen LogP contribution in [-0.2, 0) is 14.3 Å². The summed E-state index contributed by atoms with van der Waals surface area (Å²) in [6.45, 7) is -0.470. The van der Waals surface area contributed by atoms with Gasteiger partial charge in [-0.15, -0.1) is 0 Å². The van der Waals surface area contributed by atoms with Crippen LogP contribution in [-0.4, -0.2) is 79.2 Å². The molecule has 0 unspecified atom stereocenters. The van der Waals surface area contributed by atoms with Gasteiger partial charge in [0.2, 0.25) is 0 Å². The lowest BCUT2D eigenvalue weighted by molar-refractivity contribution is 0.0474. The van der Waals surface area contributed by atoms with Crippen LogP contribution in [0.2, 0.25) is 0 Å². The highest BCUT2D eigenvalue weighted by atomic mass is 32.2. The van der Waals surface area contributed by atoms with Crippen LogP contribution in [0.3, 0.4) is 0 Å². The first-order valence-electron chi connectivity index (χ1n) is 5.02. The zero-order chi connectivity index (χ0) is 13.9. The third-order valence-corrected chi connectivity index (χ3v) is 3.04. The van der Waals surface area contributed by atoms with Crippen LogP contribution < -0.4 is 0 Å². The predicted octanol–water partition coefficient (Wildman–Crippen LogP) is -0.695. The van der Waals surface area contributed by atoms with E-state index in [2.05, 4.69) is 4.18 Å². The third kappa shape index (κ3) is 4.04. The van der Waals surface area contributed by atoms with Crippen LogP contribution in [0.25, 0.3) is 0 Å². The van der Waals surface area contributed by atoms with Gasteiger partial charge < -0.3 is 15.1 Å². The average Bonchev–Trinajstić information content (AvgIpc) is 2.24. The number of carbonyl (C=O) groups is 2. The molecular formula is C8H14N2O7S. The van der Waals surface area contributed by atoms with Crippen molar-refractivity contribution in [3.05, 3.63) is 0 Å². The summed E-state index contributed by atoms with van der Waals surface area (Å²) >= 11 is 0. The Balaban J connectivity index is 2.72. The molecule has 1 rings (SSSR count). The van der Waals surface area contributed by atoms with Crippen molar-refractivity contribution in [2.75, 3.05) is 32.5 Å². The second-order valence-electron chi connectivity index (χ2n) is 3.85. The summed E-state index contributed by atoms with van der Waals surface area (Å²) < 4.78 is 26.2. The van der Waals surface area contributed by atoms with Gasteiger partial charge >= 0.3 is 12.2 Å². The predicted molar refractivity (Wildman–Crippen MR) is 58.9 cm³/mol. The molecule has 0 aliphatic carbocycles. The van der Waals surface area contributed by atoms with Gasteiger partial charge in [0.05, 0.1) is 18.9 Å². The summed E-state index contributed by atoms with van der Waals surface area (Å²) in [5.74, 6) is 0. The van der Waals surface area contributed by atoms with Crippen molar-refractivity contribution in [3.8, 4) is 0 Å². The van der Waals surface area contributed by atoms with Crippen molar-refractivity contribution in [2.24, 2.45) is 0 Å². The zero-order valence-corrected chi connectivity index (χ0v) is 10.5. The van der Waals surface area contributed by atoms with Gasteiger partial charge in [0, 0.05) is 19.6 Å². The normalized spacial score (nSPS) is 20.8. The van der Waals surface area contributed by atoms with E-state index in [0.717, 1.165) is 16.1 Å². The molecule has 104 valence electrons. The first-order valence-corrected chi connectivity index (χ1v) is 6.84. The number of rotatable bonds is 3. The molecule has 18 heavy (non-hydrogen) atoms. The molecule has 0 aromatic heterocycles. The van der Waals surface area contributed by atoms with Gasteiger partial charge in [-0.3, -0.25) is 9.08 Å². The van der Waals surface area contributed by atoms with E-state index in [-0.39, 0.29) is 19.6 Å². The van der Waals surface area contributed by atoms with E-state index in [1.54, 1.807) is 0 Å². The molecule has 1 aliphatic heterocycles. The van der Waals surface area contributed by atoms with E-state index in [1.807, 2.05) is 0 Å². The average molecular weight is 282 g/mol. The molecule has 0 saturated carbocycles. The van der Waals surface area contributed by atoms with Gasteiger partial charge in [-0.1, -0.05) is 0 Å². The molecular weight excluding hydrogens is 268 g/mol. The quantitative estimate of drug-likeness (QED) is 0.656. The maximum Gasteiger partial charge on any atom is 0.407 e. The van der Waals surface area contributed by atoms with Crippen molar-refractivity contribution >= 4 is 22.3 Å². The molecule has 2 N–H and O–H groups in total. The monoisotopic (exact) mass is 282 g/mol. The molecule has 1 aliphatic rings. The topological polar surface area (TPSA) is 124 Å². The van der Waals surface area contributed by atoms with Crippen LogP contribution in [0, 0.1) is 0 Å². The van der Waals surface area contributed by atoms with Crippen molar-refractivity contribution < 1.29 is 32.4 Å². The highest BCUT2D eigenvalue weighted by Gasteiger charge is 2.33. The summed E-state index contributed by atoms with van der Waals surface area (Å²) in [6, 6.07) is -0.831. The van der Waals surface area contributed by atoms with Gasteiger partial charge in [-0.05, 0) is 0 Å². The minimum Gasteiger partial charge on any atom is -0.465 e. The molecule has 0 radical (unpaired) electrons. The second kappa shape index (κ2) is 5.40. The Morgan fingerprint density at radius 3 is 2.33 bits per heavy atom. The summed E-state index contributed by atoms with van der Waals surface area (Å²) in [5.41, 5.74) is 0. The number of amides is 2. The van der Waals surface area contributed by atoms with Gasteiger partial charge in [-0.2, -0.15) is 8.42 Å². The van der Waals surface area contributed by atoms with Crippen molar-refractivity contribution in [2.45, 2.75) is 6.04 Å². The summed E-state index contributed by atoms with van der Waals surface area (Å²) in [4.78, 5) is 23.7. The summed E-state index contributed by atoms with van der Waals surface area (Å²) in [5, 5.41) is 17.7. The van der Waals surface area contributed by atoms with E-state index < -0.39 is 35.0 Å². The minimum atomic E-state index is -3.70.